The van der Waals surface area contributed by atoms with E-state index in [1.165, 1.54) is 19.3 Å². The minimum absolute atomic E-state index is 0.233. The number of hydrogen-bond acceptors (Lipinski definition) is 1. The number of aliphatic hydroxyl groups excluding tert-OH is 1. The highest BCUT2D eigenvalue weighted by Gasteiger charge is 2.67. The summed E-state index contributed by atoms with van der Waals surface area (Å²) in [6, 6.07) is 0. The molecule has 2 bridgehead atoms. The van der Waals surface area contributed by atoms with Crippen molar-refractivity contribution in [3.8, 4) is 0 Å². The standard InChI is InChI=1S/C12H20O/c1-9(2)12-6-11(7-12,8-12)4-10(3)5-13/h4,9,13H,5-8H2,1-3H3/b10-4+. The molecule has 0 spiro atoms. The van der Waals surface area contributed by atoms with Gasteiger partial charge in [0.25, 0.3) is 0 Å². The topological polar surface area (TPSA) is 20.2 Å². The Hall–Kier alpha value is -0.300. The number of aliphatic hydroxyl groups is 1. The average molecular weight is 180 g/mol. The van der Waals surface area contributed by atoms with Crippen LogP contribution in [0.5, 0.6) is 0 Å². The maximum absolute atomic E-state index is 8.94. The highest BCUT2D eigenvalue weighted by molar-refractivity contribution is 5.27. The summed E-state index contributed by atoms with van der Waals surface area (Å²) in [7, 11) is 0. The molecule has 13 heavy (non-hydrogen) atoms. The Balaban J connectivity index is 1.97. The zero-order chi connectivity index (χ0) is 9.69. The highest BCUT2D eigenvalue weighted by Crippen LogP contribution is 2.76. The fourth-order valence-corrected chi connectivity index (χ4v) is 3.28. The molecule has 1 N–H and O–H groups in total. The van der Waals surface area contributed by atoms with Gasteiger partial charge in [0, 0.05) is 0 Å². The van der Waals surface area contributed by atoms with E-state index in [2.05, 4.69) is 19.9 Å². The normalized spacial score (nSPS) is 43.0. The molecule has 1 nitrogen and oxygen atoms in total. The van der Waals surface area contributed by atoms with E-state index in [1.54, 1.807) is 0 Å². The van der Waals surface area contributed by atoms with Gasteiger partial charge in [-0.2, -0.15) is 0 Å². The third kappa shape index (κ3) is 1.17. The molecule has 3 rings (SSSR count). The van der Waals surface area contributed by atoms with Gasteiger partial charge in [-0.05, 0) is 42.9 Å². The SMILES string of the molecule is C/C(=C\C12CC(C(C)C)(C1)C2)CO. The van der Waals surface area contributed by atoms with Gasteiger partial charge in [-0.1, -0.05) is 25.5 Å². The van der Waals surface area contributed by atoms with Crippen molar-refractivity contribution in [3.63, 3.8) is 0 Å². The number of allylic oxidation sites excluding steroid dienone is 1. The van der Waals surface area contributed by atoms with Gasteiger partial charge < -0.3 is 5.11 Å². The molecule has 0 aromatic rings. The molecule has 1 heteroatoms. The van der Waals surface area contributed by atoms with E-state index in [4.69, 9.17) is 5.11 Å². The van der Waals surface area contributed by atoms with E-state index >= 15 is 0 Å². The lowest BCUT2D eigenvalue weighted by Crippen LogP contribution is -2.63. The van der Waals surface area contributed by atoms with Gasteiger partial charge in [0.05, 0.1) is 6.61 Å². The summed E-state index contributed by atoms with van der Waals surface area (Å²) in [5.74, 6) is 0.845. The number of rotatable bonds is 3. The second-order valence-electron chi connectivity index (χ2n) is 5.56. The molecular formula is C12H20O. The van der Waals surface area contributed by atoms with E-state index in [0.29, 0.717) is 10.8 Å². The second-order valence-corrected chi connectivity index (χ2v) is 5.56. The maximum Gasteiger partial charge on any atom is 0.0639 e. The Morgan fingerprint density at radius 2 is 1.92 bits per heavy atom. The van der Waals surface area contributed by atoms with Crippen LogP contribution in [0.1, 0.15) is 40.0 Å². The Bertz CT molecular complexity index is 230. The van der Waals surface area contributed by atoms with Crippen LogP contribution in [0.3, 0.4) is 0 Å². The monoisotopic (exact) mass is 180 g/mol. The summed E-state index contributed by atoms with van der Waals surface area (Å²) in [5.41, 5.74) is 2.35. The molecule has 0 radical (unpaired) electrons. The van der Waals surface area contributed by atoms with Gasteiger partial charge in [-0.25, -0.2) is 0 Å². The first kappa shape index (κ1) is 9.26. The third-order valence-corrected chi connectivity index (χ3v) is 4.14. The van der Waals surface area contributed by atoms with E-state index in [-0.39, 0.29) is 6.61 Å². The molecular weight excluding hydrogens is 160 g/mol. The summed E-state index contributed by atoms with van der Waals surface area (Å²) in [4.78, 5) is 0. The van der Waals surface area contributed by atoms with Gasteiger partial charge in [-0.15, -0.1) is 0 Å². The van der Waals surface area contributed by atoms with Gasteiger partial charge in [0.2, 0.25) is 0 Å². The van der Waals surface area contributed by atoms with Crippen molar-refractivity contribution in [2.45, 2.75) is 40.0 Å². The van der Waals surface area contributed by atoms with Crippen LogP contribution >= 0.6 is 0 Å². The van der Waals surface area contributed by atoms with Crippen molar-refractivity contribution in [2.75, 3.05) is 6.61 Å². The van der Waals surface area contributed by atoms with Crippen LogP contribution in [0.2, 0.25) is 0 Å². The molecule has 0 atom stereocenters. The van der Waals surface area contributed by atoms with Crippen molar-refractivity contribution >= 4 is 0 Å². The zero-order valence-electron chi connectivity index (χ0n) is 8.93. The molecule has 3 aliphatic carbocycles. The predicted molar refractivity (Wildman–Crippen MR) is 54.4 cm³/mol. The van der Waals surface area contributed by atoms with E-state index < -0.39 is 0 Å². The predicted octanol–water partition coefficient (Wildman–Crippen LogP) is 2.75. The van der Waals surface area contributed by atoms with Crippen molar-refractivity contribution < 1.29 is 5.11 Å². The lowest BCUT2D eigenvalue weighted by Gasteiger charge is -2.72. The Morgan fingerprint density at radius 1 is 1.38 bits per heavy atom. The third-order valence-electron chi connectivity index (χ3n) is 4.14. The van der Waals surface area contributed by atoms with Crippen LogP contribution in [-0.2, 0) is 0 Å². The maximum atomic E-state index is 8.94. The van der Waals surface area contributed by atoms with Crippen LogP contribution in [0.25, 0.3) is 0 Å². The fraction of sp³-hybridized carbons (Fsp3) is 0.833. The van der Waals surface area contributed by atoms with Crippen LogP contribution < -0.4 is 0 Å². The van der Waals surface area contributed by atoms with Crippen LogP contribution in [0, 0.1) is 16.7 Å². The van der Waals surface area contributed by atoms with E-state index in [1.807, 2.05) is 6.92 Å². The molecule has 3 fully saturated rings. The van der Waals surface area contributed by atoms with Crippen molar-refractivity contribution in [2.24, 2.45) is 16.7 Å². The summed E-state index contributed by atoms with van der Waals surface area (Å²) in [6.45, 7) is 6.94. The Kier molecular flexibility index (Phi) is 1.85. The first-order valence-corrected chi connectivity index (χ1v) is 5.31. The highest BCUT2D eigenvalue weighted by atomic mass is 16.3. The van der Waals surface area contributed by atoms with Gasteiger partial charge >= 0.3 is 0 Å². The summed E-state index contributed by atoms with van der Waals surface area (Å²) in [6.07, 6.45) is 6.43. The van der Waals surface area contributed by atoms with Crippen LogP contribution in [-0.4, -0.2) is 11.7 Å². The Labute approximate surface area is 80.8 Å². The van der Waals surface area contributed by atoms with Crippen molar-refractivity contribution in [1.82, 2.24) is 0 Å². The van der Waals surface area contributed by atoms with Gasteiger partial charge in [0.1, 0.15) is 0 Å². The molecule has 0 aromatic heterocycles. The quantitative estimate of drug-likeness (QED) is 0.662. The lowest BCUT2D eigenvalue weighted by molar-refractivity contribution is -0.198. The molecule has 0 amide bonds. The van der Waals surface area contributed by atoms with Crippen molar-refractivity contribution in [1.29, 1.82) is 0 Å². The van der Waals surface area contributed by atoms with Crippen LogP contribution in [0.15, 0.2) is 11.6 Å². The smallest absolute Gasteiger partial charge is 0.0639 e. The molecule has 3 saturated carbocycles. The molecule has 74 valence electrons. The molecule has 3 aliphatic rings. The average Bonchev–Trinajstić information content (AvgIpc) is 1.92. The molecule has 0 aromatic carbocycles. The van der Waals surface area contributed by atoms with Crippen LogP contribution in [0.4, 0.5) is 0 Å². The minimum Gasteiger partial charge on any atom is -0.392 e. The first-order chi connectivity index (χ1) is 6.02. The summed E-state index contributed by atoms with van der Waals surface area (Å²) < 4.78 is 0. The van der Waals surface area contributed by atoms with Gasteiger partial charge in [0.15, 0.2) is 0 Å². The molecule has 0 unspecified atom stereocenters. The number of hydrogen-bond donors (Lipinski definition) is 1. The van der Waals surface area contributed by atoms with E-state index in [0.717, 1.165) is 11.5 Å². The largest absolute Gasteiger partial charge is 0.392 e. The molecule has 0 heterocycles. The molecule has 0 aliphatic heterocycles. The Morgan fingerprint density at radius 3 is 2.31 bits per heavy atom. The van der Waals surface area contributed by atoms with Gasteiger partial charge in [-0.3, -0.25) is 0 Å². The summed E-state index contributed by atoms with van der Waals surface area (Å²) in [5, 5.41) is 8.94. The van der Waals surface area contributed by atoms with E-state index in [9.17, 15) is 0 Å². The fourth-order valence-electron chi connectivity index (χ4n) is 3.28. The first-order valence-electron chi connectivity index (χ1n) is 5.31. The lowest BCUT2D eigenvalue weighted by atomic mass is 9.32. The minimum atomic E-state index is 0.233. The van der Waals surface area contributed by atoms with Crippen molar-refractivity contribution in [3.05, 3.63) is 11.6 Å². The second kappa shape index (κ2) is 2.60. The summed E-state index contributed by atoms with van der Waals surface area (Å²) >= 11 is 0. The zero-order valence-corrected chi connectivity index (χ0v) is 8.93. The molecule has 0 saturated heterocycles.